The first-order valence-corrected chi connectivity index (χ1v) is 6.28. The fourth-order valence-electron chi connectivity index (χ4n) is 2.11. The molecular formula is C12H16ClN3O. The molecule has 1 aromatic heterocycles. The Labute approximate surface area is 106 Å². The number of nitrogens with zero attached hydrogens (tertiary/aromatic N) is 2. The second-order valence-electron chi connectivity index (χ2n) is 4.65. The topological polar surface area (TPSA) is 54.9 Å². The summed E-state index contributed by atoms with van der Waals surface area (Å²) in [5.74, 6) is 0.544. The number of rotatable bonds is 6. The molecule has 0 aliphatic heterocycles. The number of nitrogens with one attached hydrogen (secondary N) is 1. The van der Waals surface area contributed by atoms with Gasteiger partial charge in [0.05, 0.1) is 5.56 Å². The van der Waals surface area contributed by atoms with Gasteiger partial charge >= 0.3 is 0 Å². The van der Waals surface area contributed by atoms with E-state index in [1.165, 1.54) is 32.0 Å². The first kappa shape index (κ1) is 12.3. The molecule has 0 saturated heterocycles. The zero-order valence-electron chi connectivity index (χ0n) is 9.87. The van der Waals surface area contributed by atoms with Gasteiger partial charge in [0.2, 0.25) is 0 Å². The van der Waals surface area contributed by atoms with E-state index in [-0.39, 0.29) is 5.15 Å². The number of anilines is 1. The second-order valence-corrected chi connectivity index (χ2v) is 5.01. The SMILES string of the molecule is CCCC1(CNc2ncnc(Cl)c2C=O)CC1. The molecule has 0 spiro atoms. The lowest BCUT2D eigenvalue weighted by Crippen LogP contribution is -2.17. The van der Waals surface area contributed by atoms with Crippen molar-refractivity contribution in [2.24, 2.45) is 5.41 Å². The Bertz CT molecular complexity index is 418. The third-order valence-corrected chi connectivity index (χ3v) is 3.62. The van der Waals surface area contributed by atoms with E-state index >= 15 is 0 Å². The van der Waals surface area contributed by atoms with Crippen LogP contribution in [0.3, 0.4) is 0 Å². The molecular weight excluding hydrogens is 238 g/mol. The second kappa shape index (κ2) is 5.00. The predicted octanol–water partition coefficient (Wildman–Crippen LogP) is 2.93. The fraction of sp³-hybridized carbons (Fsp3) is 0.583. The van der Waals surface area contributed by atoms with Crippen LogP contribution in [-0.2, 0) is 0 Å². The van der Waals surface area contributed by atoms with Crippen molar-refractivity contribution in [1.82, 2.24) is 9.97 Å². The lowest BCUT2D eigenvalue weighted by molar-refractivity contribution is 0.112. The van der Waals surface area contributed by atoms with E-state index in [1.54, 1.807) is 0 Å². The molecule has 0 bridgehead atoms. The summed E-state index contributed by atoms with van der Waals surface area (Å²) in [4.78, 5) is 18.8. The number of halogens is 1. The average Bonchev–Trinajstić information content (AvgIpc) is 3.07. The highest BCUT2D eigenvalue weighted by molar-refractivity contribution is 6.32. The van der Waals surface area contributed by atoms with Crippen LogP contribution in [0.1, 0.15) is 43.0 Å². The minimum atomic E-state index is 0.206. The summed E-state index contributed by atoms with van der Waals surface area (Å²) < 4.78 is 0. The molecule has 1 heterocycles. The van der Waals surface area contributed by atoms with Gasteiger partial charge < -0.3 is 5.32 Å². The number of aldehydes is 1. The summed E-state index contributed by atoms with van der Waals surface area (Å²) in [7, 11) is 0. The lowest BCUT2D eigenvalue weighted by Gasteiger charge is -2.16. The van der Waals surface area contributed by atoms with E-state index in [2.05, 4.69) is 22.2 Å². The Balaban J connectivity index is 2.04. The molecule has 5 heteroatoms. The van der Waals surface area contributed by atoms with Gasteiger partial charge in [0, 0.05) is 6.54 Å². The number of carbonyl (C=O) groups excluding carboxylic acids is 1. The third kappa shape index (κ3) is 2.75. The van der Waals surface area contributed by atoms with Gasteiger partial charge in [-0.15, -0.1) is 0 Å². The van der Waals surface area contributed by atoms with Crippen LogP contribution in [0, 0.1) is 5.41 Å². The van der Waals surface area contributed by atoms with Crippen LogP contribution in [-0.4, -0.2) is 22.8 Å². The Morgan fingerprint density at radius 1 is 1.53 bits per heavy atom. The van der Waals surface area contributed by atoms with Crippen molar-refractivity contribution < 1.29 is 4.79 Å². The predicted molar refractivity (Wildman–Crippen MR) is 67.5 cm³/mol. The van der Waals surface area contributed by atoms with Crippen LogP contribution >= 0.6 is 11.6 Å². The molecule has 1 saturated carbocycles. The maximum atomic E-state index is 10.9. The number of aromatic nitrogens is 2. The van der Waals surface area contributed by atoms with Crippen LogP contribution in [0.4, 0.5) is 5.82 Å². The van der Waals surface area contributed by atoms with Gasteiger partial charge in [-0.05, 0) is 24.7 Å². The highest BCUT2D eigenvalue weighted by Gasteiger charge is 2.41. The zero-order chi connectivity index (χ0) is 12.3. The Morgan fingerprint density at radius 2 is 2.29 bits per heavy atom. The summed E-state index contributed by atoms with van der Waals surface area (Å²) in [5, 5.41) is 3.43. The maximum absolute atomic E-state index is 10.9. The van der Waals surface area contributed by atoms with E-state index in [0.29, 0.717) is 23.1 Å². The quantitative estimate of drug-likeness (QED) is 0.626. The molecule has 1 N–H and O–H groups in total. The molecule has 2 rings (SSSR count). The summed E-state index contributed by atoms with van der Waals surface area (Å²) in [6, 6.07) is 0. The lowest BCUT2D eigenvalue weighted by atomic mass is 10.0. The van der Waals surface area contributed by atoms with Gasteiger partial charge in [0.15, 0.2) is 6.29 Å². The van der Waals surface area contributed by atoms with E-state index in [1.807, 2.05) is 0 Å². The first-order chi connectivity index (χ1) is 8.21. The Hall–Kier alpha value is -1.16. The summed E-state index contributed by atoms with van der Waals surface area (Å²) >= 11 is 5.83. The van der Waals surface area contributed by atoms with Crippen molar-refractivity contribution in [3.63, 3.8) is 0 Å². The molecule has 1 aliphatic carbocycles. The molecule has 4 nitrogen and oxygen atoms in total. The molecule has 0 aromatic carbocycles. The molecule has 1 fully saturated rings. The average molecular weight is 254 g/mol. The van der Waals surface area contributed by atoms with Gasteiger partial charge in [-0.2, -0.15) is 0 Å². The van der Waals surface area contributed by atoms with E-state index < -0.39 is 0 Å². The molecule has 0 radical (unpaired) electrons. The van der Waals surface area contributed by atoms with Crippen LogP contribution < -0.4 is 5.32 Å². The van der Waals surface area contributed by atoms with Gasteiger partial charge in [-0.1, -0.05) is 24.9 Å². The van der Waals surface area contributed by atoms with Crippen molar-refractivity contribution in [3.05, 3.63) is 17.0 Å². The fourth-order valence-corrected chi connectivity index (χ4v) is 2.29. The highest BCUT2D eigenvalue weighted by atomic mass is 35.5. The van der Waals surface area contributed by atoms with Crippen molar-refractivity contribution in [2.75, 3.05) is 11.9 Å². The summed E-state index contributed by atoms with van der Waals surface area (Å²) in [6.07, 6.45) is 6.98. The monoisotopic (exact) mass is 253 g/mol. The van der Waals surface area contributed by atoms with E-state index in [9.17, 15) is 4.79 Å². The minimum absolute atomic E-state index is 0.206. The van der Waals surface area contributed by atoms with Gasteiger partial charge in [0.25, 0.3) is 0 Å². The normalized spacial score (nSPS) is 16.6. The number of hydrogen-bond acceptors (Lipinski definition) is 4. The minimum Gasteiger partial charge on any atom is -0.369 e. The number of carbonyl (C=O) groups is 1. The summed E-state index contributed by atoms with van der Waals surface area (Å²) in [5.41, 5.74) is 0.758. The molecule has 0 unspecified atom stereocenters. The smallest absolute Gasteiger partial charge is 0.156 e. The van der Waals surface area contributed by atoms with Crippen molar-refractivity contribution in [3.8, 4) is 0 Å². The standard InChI is InChI=1S/C12H16ClN3O/c1-2-3-12(4-5-12)7-14-11-9(6-17)10(13)15-8-16-11/h6,8H,2-5,7H2,1H3,(H,14,15,16). The van der Waals surface area contributed by atoms with E-state index in [4.69, 9.17) is 11.6 Å². The summed E-state index contributed by atoms with van der Waals surface area (Å²) in [6.45, 7) is 3.05. The van der Waals surface area contributed by atoms with Gasteiger partial charge in [-0.25, -0.2) is 9.97 Å². The molecule has 1 aromatic rings. The van der Waals surface area contributed by atoms with Crippen LogP contribution in [0.15, 0.2) is 6.33 Å². The maximum Gasteiger partial charge on any atom is 0.156 e. The Morgan fingerprint density at radius 3 is 2.88 bits per heavy atom. The first-order valence-electron chi connectivity index (χ1n) is 5.90. The molecule has 1 aliphatic rings. The highest BCUT2D eigenvalue weighted by Crippen LogP contribution is 2.49. The number of hydrogen-bond donors (Lipinski definition) is 1. The largest absolute Gasteiger partial charge is 0.369 e. The zero-order valence-corrected chi connectivity index (χ0v) is 10.6. The van der Waals surface area contributed by atoms with Crippen molar-refractivity contribution in [1.29, 1.82) is 0 Å². The molecule has 0 amide bonds. The van der Waals surface area contributed by atoms with Gasteiger partial charge in [0.1, 0.15) is 17.3 Å². The molecule has 92 valence electrons. The van der Waals surface area contributed by atoms with Crippen LogP contribution in [0.2, 0.25) is 5.15 Å². The van der Waals surface area contributed by atoms with Gasteiger partial charge in [-0.3, -0.25) is 4.79 Å². The third-order valence-electron chi connectivity index (χ3n) is 3.32. The van der Waals surface area contributed by atoms with Crippen LogP contribution in [0.25, 0.3) is 0 Å². The van der Waals surface area contributed by atoms with E-state index in [0.717, 1.165) is 6.54 Å². The molecule has 17 heavy (non-hydrogen) atoms. The molecule has 0 atom stereocenters. The Kier molecular flexibility index (Phi) is 3.62. The van der Waals surface area contributed by atoms with Crippen molar-refractivity contribution >= 4 is 23.7 Å². The van der Waals surface area contributed by atoms with Crippen molar-refractivity contribution in [2.45, 2.75) is 32.6 Å². The van der Waals surface area contributed by atoms with Crippen LogP contribution in [0.5, 0.6) is 0 Å².